The van der Waals surface area contributed by atoms with Gasteiger partial charge in [0.05, 0.1) is 11.7 Å². The molecule has 0 bridgehead atoms. The van der Waals surface area contributed by atoms with Crippen LogP contribution in [0.25, 0.3) is 10.2 Å². The van der Waals surface area contributed by atoms with Gasteiger partial charge in [-0.15, -0.1) is 11.3 Å². The second kappa shape index (κ2) is 6.53. The van der Waals surface area contributed by atoms with Crippen LogP contribution < -0.4 is 10.9 Å². The third-order valence-corrected chi connectivity index (χ3v) is 4.16. The summed E-state index contributed by atoms with van der Waals surface area (Å²) in [7, 11) is 0. The molecule has 3 aromatic rings. The first-order valence-electron chi connectivity index (χ1n) is 6.97. The molecule has 0 atom stereocenters. The zero-order chi connectivity index (χ0) is 15.4. The van der Waals surface area contributed by atoms with Gasteiger partial charge >= 0.3 is 0 Å². The van der Waals surface area contributed by atoms with E-state index in [4.69, 9.17) is 0 Å². The van der Waals surface area contributed by atoms with Gasteiger partial charge in [-0.1, -0.05) is 30.3 Å². The molecule has 0 spiro atoms. The molecule has 1 N–H and O–H groups in total. The Labute approximate surface area is 131 Å². The molecule has 0 fully saturated rings. The second-order valence-corrected chi connectivity index (χ2v) is 5.80. The van der Waals surface area contributed by atoms with Crippen molar-refractivity contribution in [2.24, 2.45) is 0 Å². The van der Waals surface area contributed by atoms with Crippen molar-refractivity contribution in [2.45, 2.75) is 13.0 Å². The lowest BCUT2D eigenvalue weighted by Gasteiger charge is -2.07. The molecule has 1 amide bonds. The SMILES string of the molecule is O=C(Cn1cnc2sccc2c1=O)NCCc1ccccc1. The molecule has 0 unspecified atom stereocenters. The van der Waals surface area contributed by atoms with Gasteiger partial charge in [-0.25, -0.2) is 4.98 Å². The number of hydrogen-bond donors (Lipinski definition) is 1. The largest absolute Gasteiger partial charge is 0.354 e. The Kier molecular flexibility index (Phi) is 4.29. The van der Waals surface area contributed by atoms with E-state index in [2.05, 4.69) is 10.3 Å². The average Bonchev–Trinajstić information content (AvgIpc) is 3.01. The number of nitrogens with zero attached hydrogens (tertiary/aromatic N) is 2. The van der Waals surface area contributed by atoms with E-state index in [9.17, 15) is 9.59 Å². The summed E-state index contributed by atoms with van der Waals surface area (Å²) in [5, 5.41) is 5.21. The number of thiophene rings is 1. The first-order valence-corrected chi connectivity index (χ1v) is 7.85. The molecule has 6 heteroatoms. The second-order valence-electron chi connectivity index (χ2n) is 4.90. The van der Waals surface area contributed by atoms with Crippen LogP contribution in [-0.4, -0.2) is 22.0 Å². The molecule has 0 aliphatic carbocycles. The molecule has 0 radical (unpaired) electrons. The number of amides is 1. The van der Waals surface area contributed by atoms with Crippen LogP contribution in [0.4, 0.5) is 0 Å². The molecule has 5 nitrogen and oxygen atoms in total. The van der Waals surface area contributed by atoms with Crippen LogP contribution in [0.5, 0.6) is 0 Å². The summed E-state index contributed by atoms with van der Waals surface area (Å²) in [5.41, 5.74) is 0.991. The predicted octanol–water partition coefficient (Wildman–Crippen LogP) is 1.82. The normalized spacial score (nSPS) is 10.7. The molecular formula is C16H15N3O2S. The van der Waals surface area contributed by atoms with E-state index in [1.807, 2.05) is 35.7 Å². The first kappa shape index (κ1) is 14.5. The Bertz CT molecular complexity index is 839. The number of aromatic nitrogens is 2. The summed E-state index contributed by atoms with van der Waals surface area (Å²) in [6.07, 6.45) is 2.20. The third kappa shape index (κ3) is 3.23. The Balaban J connectivity index is 1.59. The zero-order valence-corrected chi connectivity index (χ0v) is 12.7. The van der Waals surface area contributed by atoms with Gasteiger partial charge in [0.25, 0.3) is 5.56 Å². The monoisotopic (exact) mass is 313 g/mol. The fourth-order valence-corrected chi connectivity index (χ4v) is 2.93. The van der Waals surface area contributed by atoms with Crippen LogP contribution in [0, 0.1) is 0 Å². The molecule has 2 heterocycles. The minimum atomic E-state index is -0.186. The van der Waals surface area contributed by atoms with Crippen LogP contribution >= 0.6 is 11.3 Å². The lowest BCUT2D eigenvalue weighted by molar-refractivity contribution is -0.121. The number of nitrogens with one attached hydrogen (secondary N) is 1. The topological polar surface area (TPSA) is 64.0 Å². The van der Waals surface area contributed by atoms with Crippen LogP contribution in [0.15, 0.2) is 52.9 Å². The van der Waals surface area contributed by atoms with E-state index in [1.54, 1.807) is 6.07 Å². The van der Waals surface area contributed by atoms with Crippen molar-refractivity contribution >= 4 is 27.5 Å². The highest BCUT2D eigenvalue weighted by Crippen LogP contribution is 2.13. The number of carbonyl (C=O) groups excluding carboxylic acids is 1. The summed E-state index contributed by atoms with van der Waals surface area (Å²) in [5.74, 6) is -0.186. The van der Waals surface area contributed by atoms with Gasteiger partial charge < -0.3 is 5.32 Å². The number of benzene rings is 1. The Hall–Kier alpha value is -2.47. The minimum absolute atomic E-state index is 0.00753. The molecule has 0 saturated heterocycles. The van der Waals surface area contributed by atoms with Crippen LogP contribution in [0.1, 0.15) is 5.56 Å². The van der Waals surface area contributed by atoms with Crippen molar-refractivity contribution in [3.63, 3.8) is 0 Å². The fourth-order valence-electron chi connectivity index (χ4n) is 2.21. The van der Waals surface area contributed by atoms with E-state index >= 15 is 0 Å². The summed E-state index contributed by atoms with van der Waals surface area (Å²) in [6, 6.07) is 11.7. The number of fused-ring (bicyclic) bond motifs is 1. The van der Waals surface area contributed by atoms with Gasteiger partial charge in [0.2, 0.25) is 5.91 Å². The maximum atomic E-state index is 12.2. The molecule has 22 heavy (non-hydrogen) atoms. The van der Waals surface area contributed by atoms with Gasteiger partial charge in [-0.3, -0.25) is 14.2 Å². The van der Waals surface area contributed by atoms with Gasteiger partial charge in [0.15, 0.2) is 0 Å². The lowest BCUT2D eigenvalue weighted by Crippen LogP contribution is -2.33. The third-order valence-electron chi connectivity index (χ3n) is 3.34. The van der Waals surface area contributed by atoms with E-state index in [-0.39, 0.29) is 18.0 Å². The highest BCUT2D eigenvalue weighted by molar-refractivity contribution is 7.16. The van der Waals surface area contributed by atoms with E-state index in [1.165, 1.54) is 27.8 Å². The number of hydrogen-bond acceptors (Lipinski definition) is 4. The van der Waals surface area contributed by atoms with Crippen molar-refractivity contribution in [1.82, 2.24) is 14.9 Å². The number of carbonyl (C=O) groups is 1. The van der Waals surface area contributed by atoms with Crippen LogP contribution in [0.3, 0.4) is 0 Å². The van der Waals surface area contributed by atoms with E-state index in [0.717, 1.165) is 6.42 Å². The van der Waals surface area contributed by atoms with Crippen molar-refractivity contribution in [1.29, 1.82) is 0 Å². The molecule has 112 valence electrons. The smallest absolute Gasteiger partial charge is 0.262 e. The van der Waals surface area contributed by atoms with Gasteiger partial charge in [-0.05, 0) is 23.4 Å². The lowest BCUT2D eigenvalue weighted by atomic mass is 10.1. The molecular weight excluding hydrogens is 298 g/mol. The first-order chi connectivity index (χ1) is 10.7. The Morgan fingerprint density at radius 2 is 2.05 bits per heavy atom. The molecule has 1 aromatic carbocycles. The Morgan fingerprint density at radius 1 is 1.23 bits per heavy atom. The average molecular weight is 313 g/mol. The highest BCUT2D eigenvalue weighted by atomic mass is 32.1. The van der Waals surface area contributed by atoms with Gasteiger partial charge in [0, 0.05) is 6.54 Å². The molecule has 0 saturated carbocycles. The summed E-state index contributed by atoms with van der Waals surface area (Å²) < 4.78 is 1.34. The van der Waals surface area contributed by atoms with Gasteiger partial charge in [0.1, 0.15) is 11.4 Å². The van der Waals surface area contributed by atoms with E-state index in [0.29, 0.717) is 16.8 Å². The summed E-state index contributed by atoms with van der Waals surface area (Å²) in [6.45, 7) is 0.540. The van der Waals surface area contributed by atoms with Gasteiger partial charge in [-0.2, -0.15) is 0 Å². The molecule has 3 rings (SSSR count). The van der Waals surface area contributed by atoms with E-state index < -0.39 is 0 Å². The summed E-state index contributed by atoms with van der Waals surface area (Å²) in [4.78, 5) is 29.0. The van der Waals surface area contributed by atoms with Crippen molar-refractivity contribution in [2.75, 3.05) is 6.54 Å². The molecule has 0 aliphatic rings. The predicted molar refractivity (Wildman–Crippen MR) is 87.0 cm³/mol. The Morgan fingerprint density at radius 3 is 2.86 bits per heavy atom. The summed E-state index contributed by atoms with van der Waals surface area (Å²) >= 11 is 1.42. The van der Waals surface area contributed by atoms with Crippen LogP contribution in [-0.2, 0) is 17.8 Å². The van der Waals surface area contributed by atoms with Crippen molar-refractivity contribution in [3.05, 3.63) is 64.0 Å². The number of rotatable bonds is 5. The maximum absolute atomic E-state index is 12.2. The molecule has 0 aliphatic heterocycles. The zero-order valence-electron chi connectivity index (χ0n) is 11.9. The quantitative estimate of drug-likeness (QED) is 0.781. The minimum Gasteiger partial charge on any atom is -0.354 e. The van der Waals surface area contributed by atoms with Crippen LogP contribution in [0.2, 0.25) is 0 Å². The molecule has 2 aromatic heterocycles. The standard InChI is InChI=1S/C16H15N3O2S/c20-14(17-8-6-12-4-2-1-3-5-12)10-19-11-18-15-13(16(19)21)7-9-22-15/h1-5,7,9,11H,6,8,10H2,(H,17,20). The maximum Gasteiger partial charge on any atom is 0.262 e. The highest BCUT2D eigenvalue weighted by Gasteiger charge is 2.08. The fraction of sp³-hybridized carbons (Fsp3) is 0.188. The van der Waals surface area contributed by atoms with Crippen molar-refractivity contribution in [3.8, 4) is 0 Å². The van der Waals surface area contributed by atoms with Crippen molar-refractivity contribution < 1.29 is 4.79 Å².